The highest BCUT2D eigenvalue weighted by Gasteiger charge is 2.76. The smallest absolute Gasteiger partial charge is 0.233 e. The summed E-state index contributed by atoms with van der Waals surface area (Å²) >= 11 is 0. The van der Waals surface area contributed by atoms with Crippen molar-refractivity contribution in [2.24, 2.45) is 0 Å². The highest BCUT2D eigenvalue weighted by molar-refractivity contribution is 5.91. The average Bonchev–Trinajstić information content (AvgIpc) is 3.27. The maximum absolute atomic E-state index is 13.7. The van der Waals surface area contributed by atoms with Crippen molar-refractivity contribution in [3.8, 4) is 0 Å². The third-order valence-electron chi connectivity index (χ3n) is 13.3. The summed E-state index contributed by atoms with van der Waals surface area (Å²) in [6.07, 6.45) is -32.7. The van der Waals surface area contributed by atoms with Crippen LogP contribution in [-0.4, -0.2) is 247 Å². The number of aliphatic hydroxyl groups excluding tert-OH is 12. The van der Waals surface area contributed by atoms with E-state index in [9.17, 15) is 121 Å². The minimum absolute atomic E-state index is 0.0145. The lowest BCUT2D eigenvalue weighted by Gasteiger charge is -2.58. The van der Waals surface area contributed by atoms with Crippen LogP contribution in [0.1, 0.15) is 49.9 Å². The van der Waals surface area contributed by atoms with Gasteiger partial charge in [0.1, 0.15) is 73.2 Å². The molecule has 5 rings (SSSR count). The highest BCUT2D eigenvalue weighted by Crippen LogP contribution is 2.58. The van der Waals surface area contributed by atoms with E-state index in [1.807, 2.05) is 0 Å². The van der Waals surface area contributed by atoms with Crippen LogP contribution in [0, 0.1) is 0 Å². The second-order valence-corrected chi connectivity index (χ2v) is 16.9. The molecular weight excluding hydrogens is 904 g/mol. The fraction of sp³-hybridized carbons (Fsp3) is 0.737. The van der Waals surface area contributed by atoms with Gasteiger partial charge in [-0.2, -0.15) is 0 Å². The van der Waals surface area contributed by atoms with E-state index in [1.165, 1.54) is 0 Å². The van der Waals surface area contributed by atoms with Crippen LogP contribution in [-0.2, 0) is 61.3 Å². The van der Waals surface area contributed by atoms with Gasteiger partial charge in [0.05, 0.1) is 26.4 Å². The van der Waals surface area contributed by atoms with Gasteiger partial charge in [0, 0.05) is 22.3 Å². The summed E-state index contributed by atoms with van der Waals surface area (Å²) in [4.78, 5) is 54.4. The van der Waals surface area contributed by atoms with Gasteiger partial charge >= 0.3 is 0 Å². The second kappa shape index (κ2) is 17.4. The van der Waals surface area contributed by atoms with Crippen molar-refractivity contribution >= 4 is 23.1 Å². The summed E-state index contributed by atoms with van der Waals surface area (Å²) < 4.78 is 21.8. The van der Waals surface area contributed by atoms with Crippen molar-refractivity contribution in [1.29, 1.82) is 0 Å². The number of rotatable bonds is 12. The maximum atomic E-state index is 13.7. The molecule has 1 aromatic rings. The summed E-state index contributed by atoms with van der Waals surface area (Å²) in [7, 11) is 0. The maximum Gasteiger partial charge on any atom is 0.233 e. The lowest BCUT2D eigenvalue weighted by molar-refractivity contribution is -0.402. The molecule has 374 valence electrons. The Morgan fingerprint density at radius 3 is 0.864 bits per heavy atom. The summed E-state index contributed by atoms with van der Waals surface area (Å²) in [5, 5.41) is 230. The first-order valence-electron chi connectivity index (χ1n) is 19.8. The quantitative estimate of drug-likeness (QED) is 0.0925. The molecule has 4 aliphatic rings. The fourth-order valence-electron chi connectivity index (χ4n) is 9.30. The molecular formula is C38H54O28. The Morgan fingerprint density at radius 1 is 0.409 bits per heavy atom. The van der Waals surface area contributed by atoms with Crippen LogP contribution in [0.4, 0.5) is 0 Å². The zero-order valence-corrected chi connectivity index (χ0v) is 35.1. The minimum Gasteiger partial charge on any atom is -0.394 e. The van der Waals surface area contributed by atoms with Gasteiger partial charge in [-0.1, -0.05) is 0 Å². The Balaban J connectivity index is 2.25. The van der Waals surface area contributed by atoms with Gasteiger partial charge in [-0.3, -0.25) is 19.2 Å². The number of benzene rings is 1. The molecule has 0 amide bonds. The number of aliphatic hydroxyl groups is 20. The van der Waals surface area contributed by atoms with Gasteiger partial charge in [0.2, 0.25) is 45.6 Å². The normalized spacial score (nSPS) is 48.7. The largest absolute Gasteiger partial charge is 0.394 e. The Labute approximate surface area is 370 Å². The van der Waals surface area contributed by atoms with Gasteiger partial charge in [0.15, 0.2) is 23.1 Å². The molecule has 4 heterocycles. The molecule has 20 N–H and O–H groups in total. The predicted molar refractivity (Wildman–Crippen MR) is 200 cm³/mol. The molecule has 4 fully saturated rings. The van der Waals surface area contributed by atoms with Crippen molar-refractivity contribution in [2.45, 2.75) is 146 Å². The first kappa shape index (κ1) is 53.9. The van der Waals surface area contributed by atoms with E-state index in [-0.39, 0.29) is 12.1 Å². The van der Waals surface area contributed by atoms with Crippen molar-refractivity contribution in [3.05, 3.63) is 34.4 Å². The number of carbonyl (C=O) groups is 4. The van der Waals surface area contributed by atoms with Crippen molar-refractivity contribution in [2.75, 3.05) is 26.4 Å². The van der Waals surface area contributed by atoms with E-state index >= 15 is 0 Å². The molecule has 4 aliphatic heterocycles. The number of carbonyl (C=O) groups excluding carboxylic acids is 4. The average molecular weight is 959 g/mol. The summed E-state index contributed by atoms with van der Waals surface area (Å²) in [6.45, 7) is -4.51. The zero-order valence-electron chi connectivity index (χ0n) is 35.1. The first-order chi connectivity index (χ1) is 30.2. The van der Waals surface area contributed by atoms with Crippen molar-refractivity contribution in [3.63, 3.8) is 0 Å². The molecule has 66 heavy (non-hydrogen) atoms. The Bertz CT molecular complexity index is 2010. The van der Waals surface area contributed by atoms with E-state index in [2.05, 4.69) is 0 Å². The molecule has 0 saturated carbocycles. The van der Waals surface area contributed by atoms with E-state index in [0.717, 1.165) is 0 Å². The van der Waals surface area contributed by atoms with Crippen LogP contribution in [0.3, 0.4) is 0 Å². The molecule has 0 aromatic heterocycles. The molecule has 1 aromatic carbocycles. The molecule has 0 radical (unpaired) electrons. The second-order valence-electron chi connectivity index (χ2n) is 16.9. The van der Waals surface area contributed by atoms with Gasteiger partial charge in [0.25, 0.3) is 0 Å². The van der Waals surface area contributed by atoms with E-state index in [1.54, 1.807) is 0 Å². The topological polar surface area (TPSA) is 510 Å². The molecule has 0 bridgehead atoms. The van der Waals surface area contributed by atoms with Gasteiger partial charge in [-0.25, -0.2) is 0 Å². The molecule has 4 saturated heterocycles. The van der Waals surface area contributed by atoms with E-state index in [0.29, 0.717) is 27.7 Å². The molecule has 28 nitrogen and oxygen atoms in total. The number of ketones is 4. The summed E-state index contributed by atoms with van der Waals surface area (Å²) in [5.41, 5.74) is -24.5. The van der Waals surface area contributed by atoms with Crippen LogP contribution in [0.25, 0.3) is 0 Å². The SMILES string of the molecule is CC(=O)[C@@]1(O)[C@@H](O)[C@@H](O)[C@@H](CO)O[C@]1(O)c1cc([C@@]2(O)O[C@H](CO)[C@H](O)[C@H](O)[C@]2(O)C(C)=O)c([C@@]2(O)O[C@H](CO)[C@H](O)[C@H](O)[C@]2(O)C(C)=O)c([C@@]2(O)O[C@H](CO)[C@H](O)[C@H](O)[C@]2(O)C(C)=O)c1. The van der Waals surface area contributed by atoms with Crippen LogP contribution < -0.4 is 0 Å². The van der Waals surface area contributed by atoms with Crippen LogP contribution in [0.15, 0.2) is 12.1 Å². The highest BCUT2D eigenvalue weighted by atomic mass is 16.7. The summed E-state index contributed by atoms with van der Waals surface area (Å²) in [5.74, 6) is -25.3. The monoisotopic (exact) mass is 958 g/mol. The fourth-order valence-corrected chi connectivity index (χ4v) is 9.30. The molecule has 0 aliphatic carbocycles. The number of Topliss-reactive ketones (excluding diaryl/α,β-unsaturated/α-hetero) is 4. The van der Waals surface area contributed by atoms with Gasteiger partial charge in [-0.15, -0.1) is 0 Å². The molecule has 28 heteroatoms. The molecule has 20 atom stereocenters. The first-order valence-corrected chi connectivity index (χ1v) is 19.8. The zero-order chi connectivity index (χ0) is 50.6. The standard InChI is InChI=1S/C38H54O28/c1-11(43)31(55)27(51)23(47)18(7-39)63-35(31,59)15-5-16(36(60)32(56,12(2)44)28(52)24(48)19(8-40)64-36)22(38(62)34(58,14(4)46)30(54)26(50)21(10-42)66-38)17(6-15)37(61)33(57,13(3)45)29(53)25(49)20(9-41)65-37/h5-6,18-21,23-30,39-42,47-62H,7-10H2,1-4H3/t18-,19-,20-,21-,23+,24+,25+,26+,27+,28+,29+,30+,31-,32-,33-,34-,35-,36-,37-,38-/m1/s1. The predicted octanol–water partition coefficient (Wildman–Crippen LogP) is -12.0. The molecule has 0 unspecified atom stereocenters. The number of ether oxygens (including phenoxy) is 4. The van der Waals surface area contributed by atoms with Crippen LogP contribution >= 0.6 is 0 Å². The Hall–Kier alpha value is -3.06. The minimum atomic E-state index is -4.59. The van der Waals surface area contributed by atoms with Gasteiger partial charge in [-0.05, 0) is 39.8 Å². The molecule has 0 spiro atoms. The lowest BCUT2D eigenvalue weighted by atomic mass is 9.64. The Morgan fingerprint density at radius 2 is 0.621 bits per heavy atom. The van der Waals surface area contributed by atoms with Crippen LogP contribution in [0.2, 0.25) is 0 Å². The Kier molecular flexibility index (Phi) is 14.2. The summed E-state index contributed by atoms with van der Waals surface area (Å²) in [6, 6.07) is -0.0289. The van der Waals surface area contributed by atoms with Crippen LogP contribution in [0.5, 0.6) is 0 Å². The lowest BCUT2D eigenvalue weighted by Crippen LogP contribution is -2.78. The van der Waals surface area contributed by atoms with E-state index in [4.69, 9.17) is 18.9 Å². The number of hydrogen-bond acceptors (Lipinski definition) is 28. The van der Waals surface area contributed by atoms with Crippen molar-refractivity contribution < 1.29 is 140 Å². The third-order valence-corrected chi connectivity index (χ3v) is 13.3. The third kappa shape index (κ3) is 6.69. The number of hydrogen-bond donors (Lipinski definition) is 20. The van der Waals surface area contributed by atoms with E-state index < -0.39 is 191 Å². The van der Waals surface area contributed by atoms with Crippen molar-refractivity contribution in [1.82, 2.24) is 0 Å². The van der Waals surface area contributed by atoms with Gasteiger partial charge < -0.3 is 121 Å².